The summed E-state index contributed by atoms with van der Waals surface area (Å²) in [5.74, 6) is 0.537. The Hall–Kier alpha value is -2.10. The third kappa shape index (κ3) is 2.58. The van der Waals surface area contributed by atoms with Gasteiger partial charge in [0.05, 0.1) is 10.3 Å². The summed E-state index contributed by atoms with van der Waals surface area (Å²) in [6.45, 7) is 1.99. The quantitative estimate of drug-likeness (QED) is 0.632. The lowest BCUT2D eigenvalue weighted by Gasteiger charge is -2.32. The van der Waals surface area contributed by atoms with E-state index in [9.17, 15) is 4.79 Å². The smallest absolute Gasteiger partial charge is 0.261 e. The molecule has 1 aliphatic rings. The van der Waals surface area contributed by atoms with Crippen LogP contribution in [0.5, 0.6) is 0 Å². The van der Waals surface area contributed by atoms with Crippen LogP contribution in [0.2, 0.25) is 0 Å². The second kappa shape index (κ2) is 6.57. The molecule has 136 valence electrons. The van der Waals surface area contributed by atoms with Crippen molar-refractivity contribution in [2.24, 2.45) is 5.73 Å². The monoisotopic (exact) mass is 388 g/mol. The molecule has 3 aromatic heterocycles. The summed E-state index contributed by atoms with van der Waals surface area (Å²) in [5.41, 5.74) is 7.95. The summed E-state index contributed by atoms with van der Waals surface area (Å²) in [4.78, 5) is 15.5. The highest BCUT2D eigenvalue weighted by atomic mass is 32.1. The normalized spacial score (nSPS) is 20.1. The molecule has 0 saturated carbocycles. The van der Waals surface area contributed by atoms with Gasteiger partial charge in [0.1, 0.15) is 0 Å². The van der Waals surface area contributed by atoms with E-state index in [1.807, 2.05) is 13.0 Å². The van der Waals surface area contributed by atoms with Crippen LogP contribution in [0.4, 0.5) is 0 Å². The topological polar surface area (TPSA) is 110 Å². The van der Waals surface area contributed by atoms with Crippen molar-refractivity contribution in [3.05, 3.63) is 49.1 Å². The van der Waals surface area contributed by atoms with Crippen LogP contribution >= 0.6 is 22.7 Å². The number of nitrogens with two attached hydrogens (primary N) is 1. The van der Waals surface area contributed by atoms with E-state index >= 15 is 0 Å². The highest BCUT2D eigenvalue weighted by Gasteiger charge is 2.46. The molecule has 3 heterocycles. The molecule has 0 fully saturated rings. The van der Waals surface area contributed by atoms with E-state index in [0.29, 0.717) is 17.1 Å². The molecule has 1 unspecified atom stereocenters. The fraction of sp³-hybridized carbons (Fsp3) is 0.412. The van der Waals surface area contributed by atoms with Crippen LogP contribution in [0.3, 0.4) is 0 Å². The van der Waals surface area contributed by atoms with Crippen molar-refractivity contribution in [3.63, 3.8) is 0 Å². The van der Waals surface area contributed by atoms with Gasteiger partial charge in [-0.2, -0.15) is 5.21 Å². The molecule has 7 nitrogen and oxygen atoms in total. The number of nitrogens with zero attached hydrogens (tertiary/aromatic N) is 3. The van der Waals surface area contributed by atoms with Gasteiger partial charge in [-0.25, -0.2) is 0 Å². The highest BCUT2D eigenvalue weighted by molar-refractivity contribution is 7.14. The van der Waals surface area contributed by atoms with Crippen LogP contribution in [0.1, 0.15) is 49.7 Å². The molecule has 3 aromatic rings. The van der Waals surface area contributed by atoms with Crippen LogP contribution < -0.4 is 11.1 Å². The molecule has 0 bridgehead atoms. The zero-order valence-electron chi connectivity index (χ0n) is 14.6. The van der Waals surface area contributed by atoms with Gasteiger partial charge in [0, 0.05) is 22.8 Å². The van der Waals surface area contributed by atoms with Crippen molar-refractivity contribution < 1.29 is 4.79 Å². The number of aromatic nitrogens is 4. The van der Waals surface area contributed by atoms with Crippen LogP contribution in [-0.2, 0) is 18.3 Å². The fourth-order valence-corrected chi connectivity index (χ4v) is 6.02. The van der Waals surface area contributed by atoms with Gasteiger partial charge < -0.3 is 11.1 Å². The predicted octanol–water partition coefficient (Wildman–Crippen LogP) is 1.85. The molecule has 0 saturated heterocycles. The summed E-state index contributed by atoms with van der Waals surface area (Å²) in [5, 5.41) is 20.0. The van der Waals surface area contributed by atoms with Gasteiger partial charge >= 0.3 is 0 Å². The van der Waals surface area contributed by atoms with Gasteiger partial charge in [0.25, 0.3) is 5.91 Å². The summed E-state index contributed by atoms with van der Waals surface area (Å²) in [6.07, 6.45) is 2.47. The van der Waals surface area contributed by atoms with E-state index in [4.69, 9.17) is 5.73 Å². The first kappa shape index (κ1) is 17.3. The van der Waals surface area contributed by atoms with Crippen molar-refractivity contribution in [3.8, 4) is 0 Å². The Morgan fingerprint density at radius 2 is 2.23 bits per heavy atom. The third-order valence-electron chi connectivity index (χ3n) is 4.86. The van der Waals surface area contributed by atoms with Gasteiger partial charge in [-0.15, -0.1) is 32.9 Å². The first-order valence-electron chi connectivity index (χ1n) is 8.48. The zero-order chi connectivity index (χ0) is 18.3. The highest BCUT2D eigenvalue weighted by Crippen LogP contribution is 2.49. The number of amides is 1. The Kier molecular flexibility index (Phi) is 4.37. The number of thiophene rings is 2. The number of tetrazole rings is 1. The van der Waals surface area contributed by atoms with Crippen molar-refractivity contribution >= 4 is 28.6 Å². The summed E-state index contributed by atoms with van der Waals surface area (Å²) >= 11 is 3.30. The molecule has 0 aliphatic heterocycles. The molecular weight excluding hydrogens is 368 g/mol. The van der Waals surface area contributed by atoms with Gasteiger partial charge in [-0.1, -0.05) is 5.21 Å². The van der Waals surface area contributed by atoms with Crippen molar-refractivity contribution in [2.75, 3.05) is 7.05 Å². The summed E-state index contributed by atoms with van der Waals surface area (Å²) in [7, 11) is 1.65. The summed E-state index contributed by atoms with van der Waals surface area (Å²) in [6, 6.07) is 4.06. The third-order valence-corrected chi connectivity index (χ3v) is 7.03. The van der Waals surface area contributed by atoms with Crippen LogP contribution in [0, 0.1) is 0 Å². The van der Waals surface area contributed by atoms with E-state index in [-0.39, 0.29) is 11.9 Å². The Balaban J connectivity index is 2.03. The first-order valence-corrected chi connectivity index (χ1v) is 10.2. The average Bonchev–Trinajstić information content (AvgIpc) is 3.36. The summed E-state index contributed by atoms with van der Waals surface area (Å²) < 4.78 is 0. The predicted molar refractivity (Wildman–Crippen MR) is 102 cm³/mol. The van der Waals surface area contributed by atoms with Crippen LogP contribution in [0.25, 0.3) is 0 Å². The van der Waals surface area contributed by atoms with Crippen LogP contribution in [-0.4, -0.2) is 39.6 Å². The maximum atomic E-state index is 12.3. The zero-order valence-corrected chi connectivity index (χ0v) is 16.2. The Bertz CT molecular complexity index is 929. The maximum absolute atomic E-state index is 12.3. The largest absolute Gasteiger partial charge is 0.354 e. The van der Waals surface area contributed by atoms with Gasteiger partial charge in [0.15, 0.2) is 5.82 Å². The Labute approximate surface area is 159 Å². The Morgan fingerprint density at radius 3 is 2.92 bits per heavy atom. The van der Waals surface area contributed by atoms with E-state index in [1.54, 1.807) is 29.7 Å². The van der Waals surface area contributed by atoms with Crippen molar-refractivity contribution in [1.82, 2.24) is 25.9 Å². The van der Waals surface area contributed by atoms with E-state index in [1.165, 1.54) is 15.3 Å². The SMILES string of the molecule is CNC(=O)c1cc2c(s1)CCc1sccc1C2(C[C@H](C)N)c1nn[nH]n1. The van der Waals surface area contributed by atoms with Gasteiger partial charge in [-0.3, -0.25) is 4.79 Å². The maximum Gasteiger partial charge on any atom is 0.261 e. The number of aromatic amines is 1. The molecule has 1 aliphatic carbocycles. The van der Waals surface area contributed by atoms with Crippen LogP contribution in [0.15, 0.2) is 17.5 Å². The number of rotatable bonds is 4. The number of H-pyrrole nitrogens is 1. The molecule has 9 heteroatoms. The van der Waals surface area contributed by atoms with Gasteiger partial charge in [0.2, 0.25) is 0 Å². The molecule has 0 radical (unpaired) electrons. The minimum Gasteiger partial charge on any atom is -0.354 e. The number of hydrogen-bond acceptors (Lipinski definition) is 7. The lowest BCUT2D eigenvalue weighted by atomic mass is 9.70. The number of carbonyl (C=O) groups excluding carboxylic acids is 1. The number of aryl methyl sites for hydroxylation is 2. The number of fused-ring (bicyclic) bond motifs is 2. The van der Waals surface area contributed by atoms with E-state index < -0.39 is 5.41 Å². The van der Waals surface area contributed by atoms with Gasteiger partial charge in [-0.05, 0) is 54.8 Å². The first-order chi connectivity index (χ1) is 12.6. The minimum atomic E-state index is -0.592. The number of nitrogens with one attached hydrogen (secondary N) is 2. The standard InChI is InChI=1S/C17H20N6OS2/c1-9(18)8-17(16-20-22-23-21-16)10-5-6-25-12(10)3-4-13-11(17)7-14(26-13)15(24)19-2/h5-7,9H,3-4,8,18H2,1-2H3,(H,19,24)(H,20,21,22,23)/t9-,17?/m0/s1. The molecule has 0 spiro atoms. The average molecular weight is 389 g/mol. The molecule has 4 N–H and O–H groups in total. The Morgan fingerprint density at radius 1 is 1.42 bits per heavy atom. The molecule has 4 rings (SSSR count). The molecule has 1 amide bonds. The van der Waals surface area contributed by atoms with E-state index in [0.717, 1.165) is 18.4 Å². The van der Waals surface area contributed by atoms with Crippen molar-refractivity contribution in [2.45, 2.75) is 37.6 Å². The number of carbonyl (C=O) groups is 1. The van der Waals surface area contributed by atoms with Crippen molar-refractivity contribution in [1.29, 1.82) is 0 Å². The fourth-order valence-electron chi connectivity index (χ4n) is 3.88. The molecule has 2 atom stereocenters. The van der Waals surface area contributed by atoms with E-state index in [2.05, 4.69) is 37.4 Å². The second-order valence-corrected chi connectivity index (χ2v) is 8.74. The second-order valence-electron chi connectivity index (χ2n) is 6.61. The minimum absolute atomic E-state index is 0.0728. The molecular formula is C17H20N6OS2. The lowest BCUT2D eigenvalue weighted by molar-refractivity contribution is 0.0967. The molecule has 0 aromatic carbocycles. The lowest BCUT2D eigenvalue weighted by Crippen LogP contribution is -2.37. The number of hydrogen-bond donors (Lipinski definition) is 3. The molecule has 26 heavy (non-hydrogen) atoms.